The Balaban J connectivity index is 2.13. The van der Waals surface area contributed by atoms with Crippen LogP contribution >= 0.6 is 0 Å². The molecule has 66 valence electrons. The van der Waals surface area contributed by atoms with E-state index in [1.54, 1.807) is 0 Å². The van der Waals surface area contributed by atoms with Gasteiger partial charge in [0, 0.05) is 0 Å². The molecule has 0 amide bonds. The Morgan fingerprint density at radius 1 is 1.42 bits per heavy atom. The van der Waals surface area contributed by atoms with Gasteiger partial charge >= 0.3 is 0 Å². The number of hydrogen-bond donors (Lipinski definition) is 0. The SMILES string of the molecule is C/C=C\C1CC(C)C2CC=CC12. The second-order valence-corrected chi connectivity index (χ2v) is 4.31. The van der Waals surface area contributed by atoms with Crippen molar-refractivity contribution in [2.75, 3.05) is 0 Å². The summed E-state index contributed by atoms with van der Waals surface area (Å²) in [6, 6.07) is 0. The van der Waals surface area contributed by atoms with Gasteiger partial charge in [-0.2, -0.15) is 0 Å². The van der Waals surface area contributed by atoms with E-state index in [1.807, 2.05) is 0 Å². The van der Waals surface area contributed by atoms with E-state index in [0.29, 0.717) is 0 Å². The lowest BCUT2D eigenvalue weighted by Gasteiger charge is -2.14. The number of allylic oxidation sites excluding steroid dienone is 4. The monoisotopic (exact) mass is 162 g/mol. The number of fused-ring (bicyclic) bond motifs is 1. The summed E-state index contributed by atoms with van der Waals surface area (Å²) in [4.78, 5) is 0. The molecule has 12 heavy (non-hydrogen) atoms. The molecule has 0 aliphatic heterocycles. The van der Waals surface area contributed by atoms with Gasteiger partial charge in [0.25, 0.3) is 0 Å². The quantitative estimate of drug-likeness (QED) is 0.518. The van der Waals surface area contributed by atoms with Crippen LogP contribution in [0.2, 0.25) is 0 Å². The van der Waals surface area contributed by atoms with E-state index in [9.17, 15) is 0 Å². The van der Waals surface area contributed by atoms with Gasteiger partial charge in [0.15, 0.2) is 0 Å². The van der Waals surface area contributed by atoms with E-state index in [0.717, 1.165) is 23.7 Å². The molecule has 0 bridgehead atoms. The second kappa shape index (κ2) is 3.08. The smallest absolute Gasteiger partial charge is 0.0137 e. The van der Waals surface area contributed by atoms with Gasteiger partial charge in [0.2, 0.25) is 0 Å². The van der Waals surface area contributed by atoms with Crippen molar-refractivity contribution < 1.29 is 0 Å². The molecule has 0 spiro atoms. The van der Waals surface area contributed by atoms with Gasteiger partial charge in [-0.15, -0.1) is 0 Å². The maximum atomic E-state index is 2.44. The van der Waals surface area contributed by atoms with Crippen molar-refractivity contribution in [3.8, 4) is 0 Å². The Morgan fingerprint density at radius 3 is 3.00 bits per heavy atom. The van der Waals surface area contributed by atoms with E-state index in [1.165, 1.54) is 12.8 Å². The lowest BCUT2D eigenvalue weighted by Crippen LogP contribution is -2.08. The molecule has 2 rings (SSSR count). The summed E-state index contributed by atoms with van der Waals surface area (Å²) in [6.45, 7) is 4.55. The molecule has 0 N–H and O–H groups in total. The minimum Gasteiger partial charge on any atom is -0.0914 e. The summed E-state index contributed by atoms with van der Waals surface area (Å²) in [7, 11) is 0. The molecule has 0 aromatic rings. The molecule has 0 heteroatoms. The Bertz CT molecular complexity index is 212. The van der Waals surface area contributed by atoms with Crippen LogP contribution in [0, 0.1) is 23.7 Å². The topological polar surface area (TPSA) is 0 Å². The fourth-order valence-electron chi connectivity index (χ4n) is 2.98. The molecule has 1 saturated carbocycles. The summed E-state index contributed by atoms with van der Waals surface area (Å²) >= 11 is 0. The van der Waals surface area contributed by atoms with Gasteiger partial charge in [-0.05, 0) is 43.4 Å². The van der Waals surface area contributed by atoms with Crippen molar-refractivity contribution in [1.82, 2.24) is 0 Å². The Morgan fingerprint density at radius 2 is 2.25 bits per heavy atom. The average molecular weight is 162 g/mol. The molecule has 0 heterocycles. The summed E-state index contributed by atoms with van der Waals surface area (Å²) in [5, 5.41) is 0. The lowest BCUT2D eigenvalue weighted by molar-refractivity contribution is 0.388. The average Bonchev–Trinajstić information content (AvgIpc) is 2.58. The van der Waals surface area contributed by atoms with E-state index < -0.39 is 0 Å². The first kappa shape index (κ1) is 8.10. The maximum Gasteiger partial charge on any atom is -0.0137 e. The fraction of sp³-hybridized carbons (Fsp3) is 0.667. The van der Waals surface area contributed by atoms with Crippen molar-refractivity contribution in [2.24, 2.45) is 23.7 Å². The third-order valence-electron chi connectivity index (χ3n) is 3.57. The minimum absolute atomic E-state index is 0.841. The standard InChI is InChI=1S/C12H18/c1-3-5-10-8-9(2)11-6-4-7-12(10)11/h3-5,7,9-12H,6,8H2,1-2H3/b5-3-. The second-order valence-electron chi connectivity index (χ2n) is 4.31. The molecule has 1 fully saturated rings. The van der Waals surface area contributed by atoms with Gasteiger partial charge in [-0.1, -0.05) is 31.2 Å². The van der Waals surface area contributed by atoms with Crippen molar-refractivity contribution in [2.45, 2.75) is 26.7 Å². The van der Waals surface area contributed by atoms with Gasteiger partial charge in [-0.3, -0.25) is 0 Å². The highest BCUT2D eigenvalue weighted by molar-refractivity contribution is 5.12. The zero-order valence-electron chi connectivity index (χ0n) is 8.03. The summed E-state index contributed by atoms with van der Waals surface area (Å²) in [5.41, 5.74) is 0. The summed E-state index contributed by atoms with van der Waals surface area (Å²) in [6.07, 6.45) is 12.2. The third kappa shape index (κ3) is 1.14. The first-order valence-corrected chi connectivity index (χ1v) is 5.12. The summed E-state index contributed by atoms with van der Waals surface area (Å²) in [5.74, 6) is 3.61. The Kier molecular flexibility index (Phi) is 2.08. The zero-order chi connectivity index (χ0) is 8.55. The molecule has 2 aliphatic carbocycles. The molecule has 2 aliphatic rings. The third-order valence-corrected chi connectivity index (χ3v) is 3.57. The van der Waals surface area contributed by atoms with Crippen LogP contribution in [0.5, 0.6) is 0 Å². The van der Waals surface area contributed by atoms with Crippen LogP contribution in [-0.2, 0) is 0 Å². The molecule has 4 atom stereocenters. The molecule has 0 saturated heterocycles. The fourth-order valence-corrected chi connectivity index (χ4v) is 2.98. The predicted molar refractivity (Wildman–Crippen MR) is 52.8 cm³/mol. The highest BCUT2D eigenvalue weighted by atomic mass is 14.4. The first-order valence-electron chi connectivity index (χ1n) is 5.12. The van der Waals surface area contributed by atoms with E-state index in [4.69, 9.17) is 0 Å². The largest absolute Gasteiger partial charge is 0.0914 e. The van der Waals surface area contributed by atoms with E-state index >= 15 is 0 Å². The van der Waals surface area contributed by atoms with Crippen LogP contribution in [0.4, 0.5) is 0 Å². The van der Waals surface area contributed by atoms with Crippen molar-refractivity contribution >= 4 is 0 Å². The molecule has 0 radical (unpaired) electrons. The van der Waals surface area contributed by atoms with Crippen molar-refractivity contribution in [3.63, 3.8) is 0 Å². The highest BCUT2D eigenvalue weighted by Gasteiger charge is 2.39. The molecular formula is C12H18. The van der Waals surface area contributed by atoms with Crippen molar-refractivity contribution in [3.05, 3.63) is 24.3 Å². The van der Waals surface area contributed by atoms with Crippen LogP contribution in [0.1, 0.15) is 26.7 Å². The molecule has 0 aromatic heterocycles. The predicted octanol–water partition coefficient (Wildman–Crippen LogP) is 3.41. The van der Waals surface area contributed by atoms with Crippen LogP contribution in [-0.4, -0.2) is 0 Å². The normalized spacial score (nSPS) is 45.8. The highest BCUT2D eigenvalue weighted by Crippen LogP contribution is 2.47. The van der Waals surface area contributed by atoms with E-state index in [2.05, 4.69) is 38.2 Å². The molecular weight excluding hydrogens is 144 g/mol. The van der Waals surface area contributed by atoms with Gasteiger partial charge in [0.1, 0.15) is 0 Å². The van der Waals surface area contributed by atoms with Crippen LogP contribution in [0.3, 0.4) is 0 Å². The molecule has 4 unspecified atom stereocenters. The number of rotatable bonds is 1. The minimum atomic E-state index is 0.841. The van der Waals surface area contributed by atoms with Gasteiger partial charge < -0.3 is 0 Å². The van der Waals surface area contributed by atoms with Crippen LogP contribution in [0.15, 0.2) is 24.3 Å². The Labute approximate surface area is 75.4 Å². The van der Waals surface area contributed by atoms with Crippen LogP contribution in [0.25, 0.3) is 0 Å². The van der Waals surface area contributed by atoms with Gasteiger partial charge in [-0.25, -0.2) is 0 Å². The first-order chi connectivity index (χ1) is 5.83. The lowest BCUT2D eigenvalue weighted by atomic mass is 9.90. The van der Waals surface area contributed by atoms with Gasteiger partial charge in [0.05, 0.1) is 0 Å². The molecule has 0 nitrogen and oxygen atoms in total. The Hall–Kier alpha value is -0.520. The van der Waals surface area contributed by atoms with Crippen molar-refractivity contribution in [1.29, 1.82) is 0 Å². The van der Waals surface area contributed by atoms with E-state index in [-0.39, 0.29) is 0 Å². The molecule has 0 aromatic carbocycles. The number of hydrogen-bond acceptors (Lipinski definition) is 0. The zero-order valence-corrected chi connectivity index (χ0v) is 8.03. The maximum absolute atomic E-state index is 2.44. The summed E-state index contributed by atoms with van der Waals surface area (Å²) < 4.78 is 0. The van der Waals surface area contributed by atoms with Crippen LogP contribution < -0.4 is 0 Å².